The fraction of sp³-hybridized carbons (Fsp3) is 0.542. The van der Waals surface area contributed by atoms with Crippen LogP contribution in [0.5, 0.6) is 0 Å². The van der Waals surface area contributed by atoms with E-state index in [1.54, 1.807) is 20.8 Å². The van der Waals surface area contributed by atoms with Crippen LogP contribution in [0.25, 0.3) is 0 Å². The molecule has 0 unspecified atom stereocenters. The average Bonchev–Trinajstić information content (AvgIpc) is 2.82. The van der Waals surface area contributed by atoms with Gasteiger partial charge in [-0.2, -0.15) is 12.6 Å². The summed E-state index contributed by atoms with van der Waals surface area (Å²) in [5, 5.41) is 10.2. The smallest absolute Gasteiger partial charge is 0.407 e. The SMILES string of the molecule is COC(=O)[C@H](CS)NC(=O)CNC(=O)[C@H](Cc1ccccc1)NC(=O)CCCNC(=O)OC(C)(C)C. The molecular weight excluding hydrogens is 488 g/mol. The van der Waals surface area contributed by atoms with E-state index in [0.717, 1.165) is 5.56 Å². The normalized spacial score (nSPS) is 12.5. The van der Waals surface area contributed by atoms with Crippen molar-refractivity contribution >= 4 is 42.4 Å². The van der Waals surface area contributed by atoms with Crippen LogP contribution >= 0.6 is 12.6 Å². The van der Waals surface area contributed by atoms with Gasteiger partial charge in [-0.05, 0) is 32.8 Å². The molecule has 12 heteroatoms. The highest BCUT2D eigenvalue weighted by molar-refractivity contribution is 7.80. The van der Waals surface area contributed by atoms with Gasteiger partial charge in [0.05, 0.1) is 13.7 Å². The first-order chi connectivity index (χ1) is 16.9. The zero-order chi connectivity index (χ0) is 27.1. The molecule has 0 radical (unpaired) electrons. The highest BCUT2D eigenvalue weighted by Gasteiger charge is 2.24. The van der Waals surface area contributed by atoms with Crippen LogP contribution < -0.4 is 21.3 Å². The molecule has 0 aromatic heterocycles. The van der Waals surface area contributed by atoms with E-state index in [2.05, 4.69) is 38.6 Å². The van der Waals surface area contributed by atoms with E-state index in [-0.39, 0.29) is 31.0 Å². The number of carbonyl (C=O) groups is 5. The number of ether oxygens (including phenoxy) is 2. The van der Waals surface area contributed by atoms with E-state index < -0.39 is 48.1 Å². The van der Waals surface area contributed by atoms with Crippen LogP contribution in [-0.4, -0.2) is 73.4 Å². The maximum absolute atomic E-state index is 12.8. The minimum Gasteiger partial charge on any atom is -0.467 e. The fourth-order valence-corrected chi connectivity index (χ4v) is 3.18. The second kappa shape index (κ2) is 15.7. The van der Waals surface area contributed by atoms with Gasteiger partial charge in [-0.3, -0.25) is 14.4 Å². The standard InChI is InChI=1S/C24H36N4O7S/c1-24(2,3)35-23(33)25-12-8-11-19(29)27-17(13-16-9-6-5-7-10-16)21(31)26-14-20(30)28-18(15-36)22(32)34-4/h5-7,9-10,17-18,36H,8,11-15H2,1-4H3,(H,25,33)(H,26,31)(H,27,29)(H,28,30)/t17-,18-/m0/s1. The van der Waals surface area contributed by atoms with Gasteiger partial charge in [0.15, 0.2) is 0 Å². The number of hydrogen-bond acceptors (Lipinski definition) is 8. The number of carbonyl (C=O) groups excluding carboxylic acids is 5. The Kier molecular flexibility index (Phi) is 13.4. The molecule has 0 aliphatic rings. The molecule has 200 valence electrons. The summed E-state index contributed by atoms with van der Waals surface area (Å²) in [6, 6.07) is 7.20. The van der Waals surface area contributed by atoms with Gasteiger partial charge in [0.25, 0.3) is 0 Å². The summed E-state index contributed by atoms with van der Waals surface area (Å²) in [7, 11) is 1.19. The number of methoxy groups -OCH3 is 1. The van der Waals surface area contributed by atoms with Crippen molar-refractivity contribution in [2.24, 2.45) is 0 Å². The van der Waals surface area contributed by atoms with Crippen molar-refractivity contribution in [3.05, 3.63) is 35.9 Å². The molecule has 1 rings (SSSR count). The van der Waals surface area contributed by atoms with E-state index in [1.807, 2.05) is 30.3 Å². The molecule has 1 aromatic rings. The number of benzene rings is 1. The van der Waals surface area contributed by atoms with Gasteiger partial charge in [0, 0.05) is 25.1 Å². The summed E-state index contributed by atoms with van der Waals surface area (Å²) in [5.74, 6) is -2.18. The fourth-order valence-electron chi connectivity index (χ4n) is 2.94. The Morgan fingerprint density at radius 1 is 0.944 bits per heavy atom. The third-order valence-electron chi connectivity index (χ3n) is 4.61. The molecule has 0 bridgehead atoms. The van der Waals surface area contributed by atoms with Crippen LogP contribution in [0, 0.1) is 0 Å². The molecule has 0 heterocycles. The molecule has 4 amide bonds. The van der Waals surface area contributed by atoms with E-state index in [0.29, 0.717) is 6.42 Å². The molecule has 2 atom stereocenters. The Hall–Kier alpha value is -3.28. The van der Waals surface area contributed by atoms with E-state index in [1.165, 1.54) is 7.11 Å². The third-order valence-corrected chi connectivity index (χ3v) is 4.98. The zero-order valence-electron chi connectivity index (χ0n) is 21.1. The van der Waals surface area contributed by atoms with E-state index in [4.69, 9.17) is 4.74 Å². The Balaban J connectivity index is 2.63. The number of amides is 4. The van der Waals surface area contributed by atoms with Crippen molar-refractivity contribution in [2.75, 3.05) is 26.0 Å². The van der Waals surface area contributed by atoms with Crippen LogP contribution in [0.15, 0.2) is 30.3 Å². The lowest BCUT2D eigenvalue weighted by molar-refractivity contribution is -0.144. The summed E-state index contributed by atoms with van der Waals surface area (Å²) >= 11 is 4.00. The van der Waals surface area contributed by atoms with Crippen molar-refractivity contribution in [3.8, 4) is 0 Å². The minimum atomic E-state index is -0.947. The van der Waals surface area contributed by atoms with Crippen LogP contribution in [0.4, 0.5) is 4.79 Å². The van der Waals surface area contributed by atoms with Crippen molar-refractivity contribution in [2.45, 2.75) is 57.7 Å². The first-order valence-electron chi connectivity index (χ1n) is 11.5. The summed E-state index contributed by atoms with van der Waals surface area (Å²) in [6.45, 7) is 5.07. The highest BCUT2D eigenvalue weighted by atomic mass is 32.1. The summed E-state index contributed by atoms with van der Waals surface area (Å²) in [6.07, 6.45) is 0.0379. The van der Waals surface area contributed by atoms with Gasteiger partial charge >= 0.3 is 12.1 Å². The van der Waals surface area contributed by atoms with Crippen molar-refractivity contribution in [1.82, 2.24) is 21.3 Å². The predicted octanol–water partition coefficient (Wildman–Crippen LogP) is 0.723. The van der Waals surface area contributed by atoms with Gasteiger partial charge in [0.2, 0.25) is 17.7 Å². The van der Waals surface area contributed by atoms with Gasteiger partial charge in [-0.15, -0.1) is 0 Å². The Morgan fingerprint density at radius 2 is 1.58 bits per heavy atom. The Labute approximate surface area is 216 Å². The molecule has 0 saturated carbocycles. The highest BCUT2D eigenvalue weighted by Crippen LogP contribution is 2.07. The quantitative estimate of drug-likeness (QED) is 0.145. The maximum atomic E-state index is 12.8. The molecule has 36 heavy (non-hydrogen) atoms. The number of rotatable bonds is 13. The minimum absolute atomic E-state index is 0.0296. The third kappa shape index (κ3) is 13.0. The van der Waals surface area contributed by atoms with Gasteiger partial charge in [-0.25, -0.2) is 9.59 Å². The molecule has 0 aliphatic heterocycles. The predicted molar refractivity (Wildman–Crippen MR) is 136 cm³/mol. The monoisotopic (exact) mass is 524 g/mol. The van der Waals surface area contributed by atoms with Gasteiger partial charge in [0.1, 0.15) is 17.7 Å². The lowest BCUT2D eigenvalue weighted by Gasteiger charge is -2.20. The summed E-state index contributed by atoms with van der Waals surface area (Å²) < 4.78 is 9.72. The second-order valence-corrected chi connectivity index (χ2v) is 9.25. The lowest BCUT2D eigenvalue weighted by Crippen LogP contribution is -2.52. The molecule has 1 aromatic carbocycles. The van der Waals surface area contributed by atoms with Crippen molar-refractivity contribution in [1.29, 1.82) is 0 Å². The molecule has 0 saturated heterocycles. The Morgan fingerprint density at radius 3 is 2.17 bits per heavy atom. The summed E-state index contributed by atoms with van der Waals surface area (Å²) in [5.41, 5.74) is 0.193. The molecule has 0 aliphatic carbocycles. The molecule has 0 fully saturated rings. The largest absolute Gasteiger partial charge is 0.467 e. The topological polar surface area (TPSA) is 152 Å². The van der Waals surface area contributed by atoms with E-state index in [9.17, 15) is 24.0 Å². The second-order valence-electron chi connectivity index (χ2n) is 8.89. The van der Waals surface area contributed by atoms with Crippen LogP contribution in [0.2, 0.25) is 0 Å². The molecular formula is C24H36N4O7S. The molecule has 11 nitrogen and oxygen atoms in total. The first-order valence-corrected chi connectivity index (χ1v) is 12.1. The molecule has 0 spiro atoms. The van der Waals surface area contributed by atoms with Crippen LogP contribution in [0.1, 0.15) is 39.2 Å². The van der Waals surface area contributed by atoms with Gasteiger partial charge < -0.3 is 30.7 Å². The Bertz CT molecular complexity index is 890. The maximum Gasteiger partial charge on any atom is 0.407 e. The van der Waals surface area contributed by atoms with E-state index >= 15 is 0 Å². The molecule has 4 N–H and O–H groups in total. The lowest BCUT2D eigenvalue weighted by atomic mass is 10.0. The van der Waals surface area contributed by atoms with Crippen LogP contribution in [-0.2, 0) is 35.1 Å². The number of nitrogens with one attached hydrogen (secondary N) is 4. The van der Waals surface area contributed by atoms with Crippen LogP contribution in [0.3, 0.4) is 0 Å². The zero-order valence-corrected chi connectivity index (χ0v) is 22.0. The first kappa shape index (κ1) is 30.8. The van der Waals surface area contributed by atoms with Crippen molar-refractivity contribution < 1.29 is 33.4 Å². The number of esters is 1. The number of hydrogen-bond donors (Lipinski definition) is 5. The van der Waals surface area contributed by atoms with Gasteiger partial charge in [-0.1, -0.05) is 30.3 Å². The number of thiol groups is 1. The average molecular weight is 525 g/mol. The van der Waals surface area contributed by atoms with Crippen molar-refractivity contribution in [3.63, 3.8) is 0 Å². The summed E-state index contributed by atoms with van der Waals surface area (Å²) in [4.78, 5) is 60.7. The number of alkyl carbamates (subject to hydrolysis) is 1.